The molecule has 10 nitrogen and oxygen atoms in total. The second kappa shape index (κ2) is 24.4. The molecular weight excluding hydrogens is 508 g/mol. The first-order valence-electron chi connectivity index (χ1n) is 14.6. The van der Waals surface area contributed by atoms with Gasteiger partial charge in [0.15, 0.2) is 0 Å². The van der Waals surface area contributed by atoms with Crippen LogP contribution in [0.2, 0.25) is 0 Å². The number of aliphatic carboxylic acids is 1. The van der Waals surface area contributed by atoms with E-state index in [2.05, 4.69) is 11.7 Å². The first-order valence-corrected chi connectivity index (χ1v) is 14.6. The average molecular weight is 559 g/mol. The number of carbonyl (C=O) groups is 5. The van der Waals surface area contributed by atoms with E-state index in [0.29, 0.717) is 6.42 Å². The molecule has 0 saturated carbocycles. The second-order valence-electron chi connectivity index (χ2n) is 9.84. The van der Waals surface area contributed by atoms with Crippen LogP contribution in [0.4, 0.5) is 0 Å². The van der Waals surface area contributed by atoms with Crippen LogP contribution in [0.15, 0.2) is 0 Å². The number of carbonyl (C=O) groups excluding carboxylic acids is 4. The molecule has 0 aliphatic rings. The number of carboxylic acid groups (broad SMARTS) is 1. The van der Waals surface area contributed by atoms with Crippen LogP contribution in [0.3, 0.4) is 0 Å². The van der Waals surface area contributed by atoms with E-state index in [1.54, 1.807) is 0 Å². The van der Waals surface area contributed by atoms with Crippen molar-refractivity contribution in [2.45, 2.75) is 142 Å². The van der Waals surface area contributed by atoms with Crippen molar-refractivity contribution in [1.82, 2.24) is 0 Å². The summed E-state index contributed by atoms with van der Waals surface area (Å²) in [6.45, 7) is 4.00. The highest BCUT2D eigenvalue weighted by molar-refractivity contribution is 5.88. The molecule has 0 saturated heterocycles. The second-order valence-corrected chi connectivity index (χ2v) is 9.84. The lowest BCUT2D eigenvalue weighted by Gasteiger charge is -2.21. The molecule has 0 aliphatic heterocycles. The predicted octanol–water partition coefficient (Wildman–Crippen LogP) is 5.67. The van der Waals surface area contributed by atoms with Gasteiger partial charge in [0.25, 0.3) is 0 Å². The van der Waals surface area contributed by atoms with E-state index < -0.39 is 36.1 Å². The lowest BCUT2D eigenvalue weighted by molar-refractivity contribution is -0.188. The summed E-state index contributed by atoms with van der Waals surface area (Å²) in [5.74, 6) is -5.07. The maximum atomic E-state index is 12.2. The Balaban J connectivity index is 3.82. The minimum Gasteiger partial charge on any atom is -0.478 e. The molecular formula is C29H50O10. The molecule has 0 aromatic rings. The standard InChI is InChI=1S/C29H50O10/c1-4-5-6-7-8-9-10-11-12-13-14-15-16-17-18-20-25(32)36-21-19-22-37-29(35)27(39-24(3)31)26(28(33)34)38-23(2)30/h26-27H,4-22H2,1-3H3,(H,33,34). The molecule has 0 aromatic carbocycles. The van der Waals surface area contributed by atoms with Crippen molar-refractivity contribution in [3.05, 3.63) is 0 Å². The molecule has 1 N–H and O–H groups in total. The third-order valence-electron chi connectivity index (χ3n) is 6.12. The van der Waals surface area contributed by atoms with Gasteiger partial charge in [-0.25, -0.2) is 9.59 Å². The van der Waals surface area contributed by atoms with Crippen LogP contribution in [0, 0.1) is 0 Å². The van der Waals surface area contributed by atoms with Crippen LogP contribution in [-0.2, 0) is 42.9 Å². The molecule has 0 spiro atoms. The van der Waals surface area contributed by atoms with E-state index in [4.69, 9.17) is 14.2 Å². The van der Waals surface area contributed by atoms with E-state index >= 15 is 0 Å². The molecule has 0 amide bonds. The largest absolute Gasteiger partial charge is 0.478 e. The number of carboxylic acids is 1. The summed E-state index contributed by atoms with van der Waals surface area (Å²) in [6, 6.07) is 0. The van der Waals surface area contributed by atoms with E-state index in [9.17, 15) is 29.1 Å². The van der Waals surface area contributed by atoms with Gasteiger partial charge in [0, 0.05) is 26.7 Å². The Morgan fingerprint density at radius 2 is 0.974 bits per heavy atom. The molecule has 10 heteroatoms. The number of esters is 4. The third kappa shape index (κ3) is 21.9. The zero-order valence-corrected chi connectivity index (χ0v) is 24.2. The van der Waals surface area contributed by atoms with Gasteiger partial charge >= 0.3 is 29.8 Å². The fraction of sp³-hybridized carbons (Fsp3) is 0.828. The molecule has 0 rings (SSSR count). The van der Waals surface area contributed by atoms with E-state index in [-0.39, 0.29) is 25.6 Å². The van der Waals surface area contributed by atoms with E-state index in [0.717, 1.165) is 33.1 Å². The average Bonchev–Trinajstić information content (AvgIpc) is 2.87. The molecule has 0 bridgehead atoms. The lowest BCUT2D eigenvalue weighted by atomic mass is 10.0. The van der Waals surface area contributed by atoms with Crippen molar-refractivity contribution in [2.24, 2.45) is 0 Å². The van der Waals surface area contributed by atoms with Crippen LogP contribution in [-0.4, -0.2) is 60.4 Å². The molecule has 0 aliphatic carbocycles. The molecule has 226 valence electrons. The van der Waals surface area contributed by atoms with Gasteiger partial charge < -0.3 is 24.1 Å². The van der Waals surface area contributed by atoms with Gasteiger partial charge in [0.2, 0.25) is 12.2 Å². The first-order chi connectivity index (χ1) is 18.7. The Bertz CT molecular complexity index is 706. The molecule has 39 heavy (non-hydrogen) atoms. The van der Waals surface area contributed by atoms with Crippen LogP contribution in [0.25, 0.3) is 0 Å². The Hall–Kier alpha value is -2.65. The van der Waals surface area contributed by atoms with Crippen molar-refractivity contribution < 1.29 is 48.0 Å². The van der Waals surface area contributed by atoms with Gasteiger partial charge in [-0.05, 0) is 6.42 Å². The van der Waals surface area contributed by atoms with Crippen molar-refractivity contribution in [3.63, 3.8) is 0 Å². The Morgan fingerprint density at radius 1 is 0.564 bits per heavy atom. The molecule has 0 heterocycles. The van der Waals surface area contributed by atoms with Crippen LogP contribution in [0.5, 0.6) is 0 Å². The third-order valence-corrected chi connectivity index (χ3v) is 6.12. The van der Waals surface area contributed by atoms with Crippen LogP contribution in [0.1, 0.15) is 130 Å². The molecule has 0 fully saturated rings. The summed E-state index contributed by atoms with van der Waals surface area (Å²) in [4.78, 5) is 57.8. The minimum absolute atomic E-state index is 0.0232. The van der Waals surface area contributed by atoms with Crippen molar-refractivity contribution in [3.8, 4) is 0 Å². The summed E-state index contributed by atoms with van der Waals surface area (Å²) in [5.41, 5.74) is 0. The van der Waals surface area contributed by atoms with Gasteiger partial charge in [-0.1, -0.05) is 96.8 Å². The quantitative estimate of drug-likeness (QED) is 0.0845. The van der Waals surface area contributed by atoms with Gasteiger partial charge in [-0.2, -0.15) is 0 Å². The topological polar surface area (TPSA) is 142 Å². The Morgan fingerprint density at radius 3 is 1.41 bits per heavy atom. The minimum atomic E-state index is -2.04. The smallest absolute Gasteiger partial charge is 0.352 e. The summed E-state index contributed by atoms with van der Waals surface area (Å²) in [5, 5.41) is 9.20. The number of hydrogen-bond acceptors (Lipinski definition) is 9. The van der Waals surface area contributed by atoms with Crippen molar-refractivity contribution in [1.29, 1.82) is 0 Å². The number of rotatable bonds is 25. The first kappa shape index (κ1) is 36.4. The van der Waals surface area contributed by atoms with Gasteiger partial charge in [0.1, 0.15) is 0 Å². The molecule has 2 atom stereocenters. The van der Waals surface area contributed by atoms with Crippen molar-refractivity contribution >= 4 is 29.8 Å². The summed E-state index contributed by atoms with van der Waals surface area (Å²) >= 11 is 0. The van der Waals surface area contributed by atoms with Crippen molar-refractivity contribution in [2.75, 3.05) is 13.2 Å². The van der Waals surface area contributed by atoms with Gasteiger partial charge in [0.05, 0.1) is 13.2 Å². The molecule has 0 radical (unpaired) electrons. The number of ether oxygens (including phenoxy) is 4. The monoisotopic (exact) mass is 558 g/mol. The SMILES string of the molecule is CCCCCCCCCCCCCCCCCC(=O)OCCCOC(=O)C(OC(C)=O)C(OC(C)=O)C(=O)O. The zero-order valence-electron chi connectivity index (χ0n) is 24.2. The maximum Gasteiger partial charge on any atom is 0.352 e. The number of unbranched alkanes of at least 4 members (excludes halogenated alkanes) is 14. The van der Waals surface area contributed by atoms with E-state index in [1.165, 1.54) is 77.0 Å². The zero-order chi connectivity index (χ0) is 29.3. The molecule has 0 aromatic heterocycles. The predicted molar refractivity (Wildman–Crippen MR) is 145 cm³/mol. The highest BCUT2D eigenvalue weighted by Crippen LogP contribution is 2.14. The maximum absolute atomic E-state index is 12.2. The fourth-order valence-corrected chi connectivity index (χ4v) is 4.05. The Kier molecular flexibility index (Phi) is 22.7. The lowest BCUT2D eigenvalue weighted by Crippen LogP contribution is -2.46. The highest BCUT2D eigenvalue weighted by atomic mass is 16.6. The highest BCUT2D eigenvalue weighted by Gasteiger charge is 2.40. The van der Waals surface area contributed by atoms with Crippen LogP contribution >= 0.6 is 0 Å². The summed E-state index contributed by atoms with van der Waals surface area (Å²) < 4.78 is 19.3. The van der Waals surface area contributed by atoms with Crippen LogP contribution < -0.4 is 0 Å². The summed E-state index contributed by atoms with van der Waals surface area (Å²) in [7, 11) is 0. The van der Waals surface area contributed by atoms with Gasteiger partial charge in [-0.3, -0.25) is 14.4 Å². The fourth-order valence-electron chi connectivity index (χ4n) is 4.05. The summed E-state index contributed by atoms with van der Waals surface area (Å²) in [6.07, 6.45) is 15.3. The Labute approximate surface area is 233 Å². The normalized spacial score (nSPS) is 12.3. The molecule has 2 unspecified atom stereocenters. The van der Waals surface area contributed by atoms with E-state index in [1.807, 2.05) is 0 Å². The number of hydrogen-bond donors (Lipinski definition) is 1. The van der Waals surface area contributed by atoms with Gasteiger partial charge in [-0.15, -0.1) is 0 Å².